The van der Waals surface area contributed by atoms with Gasteiger partial charge in [0.1, 0.15) is 5.65 Å². The van der Waals surface area contributed by atoms with E-state index in [1.165, 1.54) is 5.69 Å². The molecule has 0 spiro atoms. The van der Waals surface area contributed by atoms with Crippen molar-refractivity contribution in [2.45, 2.75) is 20.3 Å². The molecule has 0 aromatic carbocycles. The Morgan fingerprint density at radius 3 is 3.00 bits per heavy atom. The maximum absolute atomic E-state index is 11.1. The first-order valence-electron chi connectivity index (χ1n) is 4.85. The highest BCUT2D eigenvalue weighted by molar-refractivity contribution is 5.39. The van der Waals surface area contributed by atoms with Gasteiger partial charge in [0.15, 0.2) is 5.43 Å². The van der Waals surface area contributed by atoms with Crippen molar-refractivity contribution in [2.75, 3.05) is 0 Å². The van der Waals surface area contributed by atoms with Crippen LogP contribution in [0.15, 0.2) is 29.3 Å². The van der Waals surface area contributed by atoms with Gasteiger partial charge < -0.3 is 9.38 Å². The van der Waals surface area contributed by atoms with Crippen LogP contribution in [0, 0.1) is 5.92 Å². The third kappa shape index (κ3) is 1.58. The number of aromatic nitrogens is 2. The van der Waals surface area contributed by atoms with Crippen LogP contribution in [0.25, 0.3) is 5.65 Å². The van der Waals surface area contributed by atoms with Crippen molar-refractivity contribution in [3.05, 3.63) is 40.4 Å². The first kappa shape index (κ1) is 9.06. The van der Waals surface area contributed by atoms with Gasteiger partial charge in [0.05, 0.1) is 0 Å². The number of fused-ring (bicyclic) bond motifs is 1. The zero-order valence-electron chi connectivity index (χ0n) is 8.45. The smallest absolute Gasteiger partial charge is 0.183 e. The SMILES string of the molecule is CC(C)Cc1c[nH]c2cc(=O)ccn12. The Labute approximate surface area is 82.4 Å². The maximum atomic E-state index is 11.1. The van der Waals surface area contributed by atoms with Crippen LogP contribution in [0.1, 0.15) is 19.5 Å². The lowest BCUT2D eigenvalue weighted by Crippen LogP contribution is -2.02. The zero-order chi connectivity index (χ0) is 10.1. The molecule has 14 heavy (non-hydrogen) atoms. The van der Waals surface area contributed by atoms with E-state index in [0.29, 0.717) is 5.92 Å². The lowest BCUT2D eigenvalue weighted by Gasteiger charge is -2.03. The summed E-state index contributed by atoms with van der Waals surface area (Å²) in [6, 6.07) is 3.20. The topological polar surface area (TPSA) is 37.3 Å². The predicted octanol–water partition coefficient (Wildman–Crippen LogP) is 1.83. The molecule has 1 N–H and O–H groups in total. The zero-order valence-corrected chi connectivity index (χ0v) is 8.45. The summed E-state index contributed by atoms with van der Waals surface area (Å²) in [4.78, 5) is 14.2. The summed E-state index contributed by atoms with van der Waals surface area (Å²) < 4.78 is 2.03. The first-order valence-corrected chi connectivity index (χ1v) is 4.85. The molecule has 0 bridgehead atoms. The Morgan fingerprint density at radius 2 is 2.29 bits per heavy atom. The molecule has 0 aliphatic heterocycles. The van der Waals surface area contributed by atoms with E-state index in [9.17, 15) is 4.79 Å². The highest BCUT2D eigenvalue weighted by atomic mass is 16.1. The molecule has 0 unspecified atom stereocenters. The molecule has 0 fully saturated rings. The van der Waals surface area contributed by atoms with E-state index in [1.54, 1.807) is 12.1 Å². The standard InChI is InChI=1S/C11H14N2O/c1-8(2)5-9-7-12-11-6-10(14)3-4-13(9)11/h3-4,6-8,12H,5H2,1-2H3. The first-order chi connectivity index (χ1) is 6.66. The van der Waals surface area contributed by atoms with Crippen LogP contribution < -0.4 is 5.43 Å². The molecule has 0 saturated heterocycles. The van der Waals surface area contributed by atoms with Gasteiger partial charge in [-0.15, -0.1) is 0 Å². The number of nitrogens with zero attached hydrogens (tertiary/aromatic N) is 1. The van der Waals surface area contributed by atoms with Crippen LogP contribution in [0.2, 0.25) is 0 Å². The van der Waals surface area contributed by atoms with E-state index in [0.717, 1.165) is 12.1 Å². The molecule has 2 aromatic rings. The largest absolute Gasteiger partial charge is 0.346 e. The summed E-state index contributed by atoms with van der Waals surface area (Å²) in [5.41, 5.74) is 2.13. The number of hydrogen-bond donors (Lipinski definition) is 1. The van der Waals surface area contributed by atoms with Crippen molar-refractivity contribution in [1.82, 2.24) is 9.38 Å². The summed E-state index contributed by atoms with van der Waals surface area (Å²) in [6.45, 7) is 4.36. The fourth-order valence-corrected chi connectivity index (χ4v) is 1.64. The van der Waals surface area contributed by atoms with Crippen LogP contribution >= 0.6 is 0 Å². The fraction of sp³-hybridized carbons (Fsp3) is 0.364. The Kier molecular flexibility index (Phi) is 2.15. The average molecular weight is 190 g/mol. The third-order valence-corrected chi connectivity index (χ3v) is 2.24. The Balaban J connectivity index is 2.53. The number of pyridine rings is 1. The van der Waals surface area contributed by atoms with Crippen LogP contribution in [0.4, 0.5) is 0 Å². The molecular weight excluding hydrogens is 176 g/mol. The number of nitrogens with one attached hydrogen (secondary N) is 1. The minimum atomic E-state index is 0.0444. The van der Waals surface area contributed by atoms with E-state index in [1.807, 2.05) is 16.8 Å². The number of rotatable bonds is 2. The van der Waals surface area contributed by atoms with E-state index in [2.05, 4.69) is 18.8 Å². The van der Waals surface area contributed by atoms with Gasteiger partial charge in [0.2, 0.25) is 0 Å². The third-order valence-electron chi connectivity index (χ3n) is 2.24. The van der Waals surface area contributed by atoms with E-state index < -0.39 is 0 Å². The van der Waals surface area contributed by atoms with Gasteiger partial charge in [-0.05, 0) is 12.3 Å². The molecule has 3 nitrogen and oxygen atoms in total. The molecule has 2 rings (SSSR count). The van der Waals surface area contributed by atoms with Gasteiger partial charge in [-0.1, -0.05) is 13.8 Å². The lowest BCUT2D eigenvalue weighted by molar-refractivity contribution is 0.632. The molecule has 0 atom stereocenters. The van der Waals surface area contributed by atoms with Gasteiger partial charge in [-0.2, -0.15) is 0 Å². The van der Waals surface area contributed by atoms with Crippen LogP contribution in [-0.4, -0.2) is 9.38 Å². The summed E-state index contributed by atoms with van der Waals surface area (Å²) in [5.74, 6) is 0.619. The number of hydrogen-bond acceptors (Lipinski definition) is 1. The minimum absolute atomic E-state index is 0.0444. The van der Waals surface area contributed by atoms with Gasteiger partial charge in [0.25, 0.3) is 0 Å². The van der Waals surface area contributed by atoms with Gasteiger partial charge >= 0.3 is 0 Å². The average Bonchev–Trinajstić information content (AvgIpc) is 2.47. The summed E-state index contributed by atoms with van der Waals surface area (Å²) in [6.07, 6.45) is 4.81. The second kappa shape index (κ2) is 3.33. The van der Waals surface area contributed by atoms with Gasteiger partial charge in [-0.3, -0.25) is 4.79 Å². The van der Waals surface area contributed by atoms with Crippen molar-refractivity contribution in [3.8, 4) is 0 Å². The molecule has 2 aromatic heterocycles. The number of aromatic amines is 1. The van der Waals surface area contributed by atoms with Crippen molar-refractivity contribution in [1.29, 1.82) is 0 Å². The van der Waals surface area contributed by atoms with Crippen molar-refractivity contribution in [3.63, 3.8) is 0 Å². The summed E-state index contributed by atoms with van der Waals surface area (Å²) in [7, 11) is 0. The Hall–Kier alpha value is -1.51. The predicted molar refractivity (Wildman–Crippen MR) is 56.6 cm³/mol. The Morgan fingerprint density at radius 1 is 1.50 bits per heavy atom. The second-order valence-electron chi connectivity index (χ2n) is 4.00. The highest BCUT2D eigenvalue weighted by Crippen LogP contribution is 2.09. The van der Waals surface area contributed by atoms with Crippen LogP contribution in [-0.2, 0) is 6.42 Å². The van der Waals surface area contributed by atoms with E-state index >= 15 is 0 Å². The maximum Gasteiger partial charge on any atom is 0.183 e. The monoisotopic (exact) mass is 190 g/mol. The molecular formula is C11H14N2O. The van der Waals surface area contributed by atoms with Crippen LogP contribution in [0.5, 0.6) is 0 Å². The quantitative estimate of drug-likeness (QED) is 0.770. The van der Waals surface area contributed by atoms with Crippen molar-refractivity contribution in [2.24, 2.45) is 5.92 Å². The number of H-pyrrole nitrogens is 1. The second-order valence-corrected chi connectivity index (χ2v) is 4.00. The summed E-state index contributed by atoms with van der Waals surface area (Å²) >= 11 is 0. The molecule has 0 aliphatic carbocycles. The van der Waals surface area contributed by atoms with Crippen LogP contribution in [0.3, 0.4) is 0 Å². The van der Waals surface area contributed by atoms with E-state index in [4.69, 9.17) is 0 Å². The highest BCUT2D eigenvalue weighted by Gasteiger charge is 2.03. The van der Waals surface area contributed by atoms with Gasteiger partial charge in [0, 0.05) is 30.2 Å². The molecule has 74 valence electrons. The molecule has 3 heteroatoms. The normalized spacial score (nSPS) is 11.4. The summed E-state index contributed by atoms with van der Waals surface area (Å²) in [5, 5.41) is 0. The Bertz CT molecular complexity index is 493. The molecule has 2 heterocycles. The number of imidazole rings is 1. The fourth-order valence-electron chi connectivity index (χ4n) is 1.64. The lowest BCUT2D eigenvalue weighted by atomic mass is 10.1. The minimum Gasteiger partial charge on any atom is -0.346 e. The van der Waals surface area contributed by atoms with Crippen molar-refractivity contribution < 1.29 is 0 Å². The van der Waals surface area contributed by atoms with Gasteiger partial charge in [-0.25, -0.2) is 0 Å². The molecule has 0 saturated carbocycles. The molecule has 0 radical (unpaired) electrons. The molecule has 0 aliphatic rings. The van der Waals surface area contributed by atoms with Crippen molar-refractivity contribution >= 4 is 5.65 Å². The molecule has 0 amide bonds. The van der Waals surface area contributed by atoms with E-state index in [-0.39, 0.29) is 5.43 Å².